The minimum absolute atomic E-state index is 0.215. The molecule has 1 aromatic carbocycles. The summed E-state index contributed by atoms with van der Waals surface area (Å²) in [6.07, 6.45) is 5.34. The topological polar surface area (TPSA) is 52.9 Å². The molecule has 1 aliphatic rings. The van der Waals surface area contributed by atoms with Gasteiger partial charge in [-0.15, -0.1) is 0 Å². The molecule has 0 saturated heterocycles. The van der Waals surface area contributed by atoms with Gasteiger partial charge in [0.15, 0.2) is 0 Å². The standard InChI is InChI=1S/C16H19ClN2O/c1-12-6-7-14(13(17)10-12)19-15(20)16(11-18)8-4-2-3-5-9-16/h6-7,10H,2-5,8-9H2,1H3,(H,19,20). The fraction of sp³-hybridized carbons (Fsp3) is 0.500. The van der Waals surface area contributed by atoms with Crippen LogP contribution in [0.5, 0.6) is 0 Å². The van der Waals surface area contributed by atoms with E-state index in [1.54, 1.807) is 6.07 Å². The molecule has 0 radical (unpaired) electrons. The van der Waals surface area contributed by atoms with Crippen molar-refractivity contribution >= 4 is 23.2 Å². The molecular formula is C16H19ClN2O. The first-order valence-electron chi connectivity index (χ1n) is 7.06. The highest BCUT2D eigenvalue weighted by Crippen LogP contribution is 2.36. The van der Waals surface area contributed by atoms with Crippen LogP contribution in [-0.4, -0.2) is 5.91 Å². The maximum Gasteiger partial charge on any atom is 0.244 e. The van der Waals surface area contributed by atoms with Crippen molar-refractivity contribution in [2.24, 2.45) is 5.41 Å². The zero-order valence-electron chi connectivity index (χ0n) is 11.7. The van der Waals surface area contributed by atoms with E-state index < -0.39 is 5.41 Å². The number of hydrogen-bond acceptors (Lipinski definition) is 2. The summed E-state index contributed by atoms with van der Waals surface area (Å²) in [5.74, 6) is -0.215. The summed E-state index contributed by atoms with van der Waals surface area (Å²) in [5, 5.41) is 12.8. The third-order valence-corrected chi connectivity index (χ3v) is 4.29. The summed E-state index contributed by atoms with van der Waals surface area (Å²) in [6, 6.07) is 7.75. The Hall–Kier alpha value is -1.53. The van der Waals surface area contributed by atoms with Crippen molar-refractivity contribution in [1.29, 1.82) is 5.26 Å². The van der Waals surface area contributed by atoms with Crippen LogP contribution in [0.2, 0.25) is 5.02 Å². The van der Waals surface area contributed by atoms with Crippen molar-refractivity contribution in [1.82, 2.24) is 0 Å². The van der Waals surface area contributed by atoms with E-state index in [0.29, 0.717) is 23.6 Å². The molecule has 1 saturated carbocycles. The number of carbonyl (C=O) groups excluding carboxylic acids is 1. The molecule has 1 aliphatic carbocycles. The third kappa shape index (κ3) is 3.13. The predicted octanol–water partition coefficient (Wildman–Crippen LogP) is 4.45. The lowest BCUT2D eigenvalue weighted by atomic mass is 9.81. The molecule has 2 rings (SSSR count). The summed E-state index contributed by atoms with van der Waals surface area (Å²) in [6.45, 7) is 1.94. The Bertz CT molecular complexity index is 540. The highest BCUT2D eigenvalue weighted by molar-refractivity contribution is 6.33. The van der Waals surface area contributed by atoms with Crippen molar-refractivity contribution in [3.63, 3.8) is 0 Å². The monoisotopic (exact) mass is 290 g/mol. The number of aryl methyl sites for hydroxylation is 1. The Morgan fingerprint density at radius 1 is 1.30 bits per heavy atom. The quantitative estimate of drug-likeness (QED) is 0.818. The average Bonchev–Trinajstić information content (AvgIpc) is 2.68. The Labute approximate surface area is 124 Å². The summed E-state index contributed by atoms with van der Waals surface area (Å²) in [5.41, 5.74) is 0.726. The molecule has 0 heterocycles. The van der Waals surface area contributed by atoms with Crippen LogP contribution in [0.3, 0.4) is 0 Å². The van der Waals surface area contributed by atoms with Gasteiger partial charge >= 0.3 is 0 Å². The van der Waals surface area contributed by atoms with Crippen LogP contribution in [-0.2, 0) is 4.79 Å². The molecule has 3 nitrogen and oxygen atoms in total. The number of benzene rings is 1. The minimum Gasteiger partial charge on any atom is -0.323 e. The van der Waals surface area contributed by atoms with Gasteiger partial charge in [-0.2, -0.15) is 5.26 Å². The molecule has 1 N–H and O–H groups in total. The van der Waals surface area contributed by atoms with E-state index in [4.69, 9.17) is 11.6 Å². The number of nitriles is 1. The molecule has 20 heavy (non-hydrogen) atoms. The second-order valence-electron chi connectivity index (χ2n) is 5.55. The van der Waals surface area contributed by atoms with E-state index >= 15 is 0 Å². The van der Waals surface area contributed by atoms with Gasteiger partial charge in [-0.1, -0.05) is 43.4 Å². The highest BCUT2D eigenvalue weighted by atomic mass is 35.5. The van der Waals surface area contributed by atoms with Crippen molar-refractivity contribution in [3.8, 4) is 6.07 Å². The zero-order valence-corrected chi connectivity index (χ0v) is 12.5. The zero-order chi connectivity index (χ0) is 14.6. The van der Waals surface area contributed by atoms with Crippen molar-refractivity contribution in [3.05, 3.63) is 28.8 Å². The number of nitrogens with one attached hydrogen (secondary N) is 1. The Balaban J connectivity index is 2.19. The molecule has 106 valence electrons. The first kappa shape index (κ1) is 14.9. The molecule has 1 fully saturated rings. The second kappa shape index (κ2) is 6.28. The maximum atomic E-state index is 12.5. The first-order chi connectivity index (χ1) is 9.57. The van der Waals surface area contributed by atoms with Gasteiger partial charge < -0.3 is 5.32 Å². The molecule has 0 atom stereocenters. The smallest absolute Gasteiger partial charge is 0.244 e. The van der Waals surface area contributed by atoms with Gasteiger partial charge in [0.1, 0.15) is 5.41 Å². The lowest BCUT2D eigenvalue weighted by molar-refractivity contribution is -0.123. The second-order valence-corrected chi connectivity index (χ2v) is 5.95. The summed E-state index contributed by atoms with van der Waals surface area (Å²) in [4.78, 5) is 12.5. The molecule has 0 aromatic heterocycles. The lowest BCUT2D eigenvalue weighted by Gasteiger charge is -2.23. The van der Waals surface area contributed by atoms with Crippen LogP contribution in [0.1, 0.15) is 44.1 Å². The first-order valence-corrected chi connectivity index (χ1v) is 7.44. The Kier molecular flexibility index (Phi) is 4.67. The van der Waals surface area contributed by atoms with Crippen molar-refractivity contribution in [2.75, 3.05) is 5.32 Å². The van der Waals surface area contributed by atoms with Gasteiger partial charge in [-0.25, -0.2) is 0 Å². The molecule has 4 heteroatoms. The molecule has 1 aromatic rings. The Morgan fingerprint density at radius 2 is 1.95 bits per heavy atom. The van der Waals surface area contributed by atoms with E-state index in [1.165, 1.54) is 0 Å². The van der Waals surface area contributed by atoms with E-state index in [-0.39, 0.29) is 5.91 Å². The fourth-order valence-corrected chi connectivity index (χ4v) is 2.97. The number of anilines is 1. The number of hydrogen-bond donors (Lipinski definition) is 1. The molecule has 0 aliphatic heterocycles. The van der Waals surface area contributed by atoms with Gasteiger partial charge in [0.05, 0.1) is 16.8 Å². The largest absolute Gasteiger partial charge is 0.323 e. The number of rotatable bonds is 2. The number of nitrogens with zero attached hydrogens (tertiary/aromatic N) is 1. The lowest BCUT2D eigenvalue weighted by Crippen LogP contribution is -2.34. The molecule has 1 amide bonds. The number of halogens is 1. The van der Waals surface area contributed by atoms with E-state index in [0.717, 1.165) is 31.2 Å². The summed E-state index contributed by atoms with van der Waals surface area (Å²) < 4.78 is 0. The van der Waals surface area contributed by atoms with E-state index in [2.05, 4.69) is 11.4 Å². The summed E-state index contributed by atoms with van der Waals surface area (Å²) >= 11 is 6.14. The number of carbonyl (C=O) groups is 1. The minimum atomic E-state index is -0.898. The summed E-state index contributed by atoms with van der Waals surface area (Å²) in [7, 11) is 0. The van der Waals surface area contributed by atoms with Crippen LogP contribution < -0.4 is 5.32 Å². The van der Waals surface area contributed by atoms with Crippen LogP contribution in [0.15, 0.2) is 18.2 Å². The molecule has 0 unspecified atom stereocenters. The normalized spacial score (nSPS) is 17.9. The highest BCUT2D eigenvalue weighted by Gasteiger charge is 2.39. The van der Waals surface area contributed by atoms with Crippen LogP contribution in [0.25, 0.3) is 0 Å². The van der Waals surface area contributed by atoms with Crippen molar-refractivity contribution in [2.45, 2.75) is 45.4 Å². The van der Waals surface area contributed by atoms with Crippen LogP contribution in [0, 0.1) is 23.7 Å². The predicted molar refractivity (Wildman–Crippen MR) is 80.6 cm³/mol. The van der Waals surface area contributed by atoms with E-state index in [9.17, 15) is 10.1 Å². The van der Waals surface area contributed by atoms with Crippen LogP contribution >= 0.6 is 11.6 Å². The maximum absolute atomic E-state index is 12.5. The van der Waals surface area contributed by atoms with Gasteiger partial charge in [0, 0.05) is 0 Å². The van der Waals surface area contributed by atoms with Gasteiger partial charge in [0.25, 0.3) is 0 Å². The van der Waals surface area contributed by atoms with Crippen molar-refractivity contribution < 1.29 is 4.79 Å². The number of amides is 1. The molecule has 0 spiro atoms. The third-order valence-electron chi connectivity index (χ3n) is 3.98. The van der Waals surface area contributed by atoms with Gasteiger partial charge in [-0.05, 0) is 37.5 Å². The molecular weight excluding hydrogens is 272 g/mol. The van der Waals surface area contributed by atoms with E-state index in [1.807, 2.05) is 19.1 Å². The van der Waals surface area contributed by atoms with Gasteiger partial charge in [0.2, 0.25) is 5.91 Å². The fourth-order valence-electron chi connectivity index (χ4n) is 2.69. The van der Waals surface area contributed by atoms with Gasteiger partial charge in [-0.3, -0.25) is 4.79 Å². The Morgan fingerprint density at radius 3 is 2.50 bits per heavy atom. The van der Waals surface area contributed by atoms with Crippen LogP contribution in [0.4, 0.5) is 5.69 Å². The SMILES string of the molecule is Cc1ccc(NC(=O)C2(C#N)CCCCCC2)c(Cl)c1. The average molecular weight is 291 g/mol. The molecule has 0 bridgehead atoms.